The standard InChI is InChI=1S/C11H19NO3/c1-8-5-4-6-11(9(8)2,10(14)15)12(3)7-13/h7-9H,4-6H2,1-3H3,(H,14,15). The maximum Gasteiger partial charge on any atom is 0.329 e. The fourth-order valence-electron chi connectivity index (χ4n) is 2.69. The van der Waals surface area contributed by atoms with Crippen LogP contribution in [-0.4, -0.2) is 35.0 Å². The number of nitrogens with zero attached hydrogens (tertiary/aromatic N) is 1. The molecule has 15 heavy (non-hydrogen) atoms. The van der Waals surface area contributed by atoms with E-state index in [1.54, 1.807) is 7.05 Å². The molecule has 3 atom stereocenters. The van der Waals surface area contributed by atoms with Crippen molar-refractivity contribution in [2.75, 3.05) is 7.05 Å². The van der Waals surface area contributed by atoms with Crippen LogP contribution in [-0.2, 0) is 9.59 Å². The molecule has 4 heteroatoms. The van der Waals surface area contributed by atoms with Gasteiger partial charge in [-0.05, 0) is 18.3 Å². The number of carbonyl (C=O) groups is 2. The van der Waals surface area contributed by atoms with Crippen molar-refractivity contribution in [1.29, 1.82) is 0 Å². The maximum absolute atomic E-state index is 11.4. The second kappa shape index (κ2) is 4.21. The van der Waals surface area contributed by atoms with Gasteiger partial charge in [-0.15, -0.1) is 0 Å². The van der Waals surface area contributed by atoms with Crippen molar-refractivity contribution in [2.45, 2.75) is 38.6 Å². The Morgan fingerprint density at radius 1 is 1.53 bits per heavy atom. The molecule has 0 heterocycles. The van der Waals surface area contributed by atoms with Crippen LogP contribution in [0.15, 0.2) is 0 Å². The molecular weight excluding hydrogens is 194 g/mol. The van der Waals surface area contributed by atoms with Crippen molar-refractivity contribution in [1.82, 2.24) is 4.90 Å². The quantitative estimate of drug-likeness (QED) is 0.720. The highest BCUT2D eigenvalue weighted by Gasteiger charge is 2.50. The predicted molar refractivity (Wildman–Crippen MR) is 56.4 cm³/mol. The van der Waals surface area contributed by atoms with Gasteiger partial charge in [-0.1, -0.05) is 26.7 Å². The van der Waals surface area contributed by atoms with Crippen LogP contribution < -0.4 is 0 Å². The first-order valence-corrected chi connectivity index (χ1v) is 5.38. The normalized spacial score (nSPS) is 35.9. The highest BCUT2D eigenvalue weighted by Crippen LogP contribution is 2.40. The van der Waals surface area contributed by atoms with Gasteiger partial charge >= 0.3 is 5.97 Å². The molecule has 0 aromatic carbocycles. The van der Waals surface area contributed by atoms with Crippen molar-refractivity contribution >= 4 is 12.4 Å². The molecule has 1 saturated carbocycles. The van der Waals surface area contributed by atoms with Gasteiger partial charge in [0.2, 0.25) is 6.41 Å². The van der Waals surface area contributed by atoms with Crippen LogP contribution >= 0.6 is 0 Å². The van der Waals surface area contributed by atoms with Crippen LogP contribution in [0.3, 0.4) is 0 Å². The van der Waals surface area contributed by atoms with E-state index in [2.05, 4.69) is 6.92 Å². The molecule has 1 amide bonds. The summed E-state index contributed by atoms with van der Waals surface area (Å²) in [4.78, 5) is 23.6. The fourth-order valence-corrected chi connectivity index (χ4v) is 2.69. The lowest BCUT2D eigenvalue weighted by molar-refractivity contribution is -0.162. The Bertz CT molecular complexity index is 267. The molecule has 86 valence electrons. The summed E-state index contributed by atoms with van der Waals surface area (Å²) in [7, 11) is 1.57. The second-order valence-electron chi connectivity index (χ2n) is 4.60. The van der Waals surface area contributed by atoms with E-state index in [1.165, 1.54) is 4.90 Å². The molecule has 4 nitrogen and oxygen atoms in total. The SMILES string of the molecule is CC1CCCC(C(=O)O)(N(C)C=O)C1C. The Hall–Kier alpha value is -1.06. The molecule has 1 fully saturated rings. The van der Waals surface area contributed by atoms with Crippen LogP contribution in [0.4, 0.5) is 0 Å². The summed E-state index contributed by atoms with van der Waals surface area (Å²) in [5.74, 6) is -0.535. The Balaban J connectivity index is 3.08. The van der Waals surface area contributed by atoms with Gasteiger partial charge in [-0.25, -0.2) is 4.79 Å². The first-order chi connectivity index (χ1) is 6.96. The number of rotatable bonds is 3. The number of hydrogen-bond acceptors (Lipinski definition) is 2. The van der Waals surface area contributed by atoms with Crippen molar-refractivity contribution in [3.8, 4) is 0 Å². The number of likely N-dealkylation sites (N-methyl/N-ethyl adjacent to an activating group) is 1. The van der Waals surface area contributed by atoms with Crippen molar-refractivity contribution in [3.63, 3.8) is 0 Å². The molecule has 0 radical (unpaired) electrons. The van der Waals surface area contributed by atoms with Gasteiger partial charge in [-0.2, -0.15) is 0 Å². The topological polar surface area (TPSA) is 57.6 Å². The van der Waals surface area contributed by atoms with E-state index in [-0.39, 0.29) is 5.92 Å². The van der Waals surface area contributed by atoms with Crippen LogP contribution in [0.2, 0.25) is 0 Å². The minimum Gasteiger partial charge on any atom is -0.479 e. The molecule has 0 aromatic heterocycles. The molecule has 1 aliphatic carbocycles. The highest BCUT2D eigenvalue weighted by molar-refractivity contribution is 5.82. The lowest BCUT2D eigenvalue weighted by Crippen LogP contribution is -2.59. The van der Waals surface area contributed by atoms with Crippen LogP contribution in [0, 0.1) is 11.8 Å². The Morgan fingerprint density at radius 3 is 2.60 bits per heavy atom. The average molecular weight is 213 g/mol. The number of amides is 1. The lowest BCUT2D eigenvalue weighted by atomic mass is 9.67. The smallest absolute Gasteiger partial charge is 0.329 e. The molecule has 0 bridgehead atoms. The summed E-state index contributed by atoms with van der Waals surface area (Å²) in [5.41, 5.74) is -1.00. The summed E-state index contributed by atoms with van der Waals surface area (Å²) in [6, 6.07) is 0. The third-order valence-electron chi connectivity index (χ3n) is 3.98. The summed E-state index contributed by atoms with van der Waals surface area (Å²) in [5, 5.41) is 9.38. The Kier molecular flexibility index (Phi) is 3.37. The van der Waals surface area contributed by atoms with Gasteiger partial charge in [0.1, 0.15) is 5.54 Å². The molecule has 1 aliphatic rings. The van der Waals surface area contributed by atoms with Gasteiger partial charge in [0.05, 0.1) is 0 Å². The summed E-state index contributed by atoms with van der Waals surface area (Å²) < 4.78 is 0. The van der Waals surface area contributed by atoms with Crippen LogP contribution in [0.25, 0.3) is 0 Å². The summed E-state index contributed by atoms with van der Waals surface area (Å²) in [6.45, 7) is 3.98. The van der Waals surface area contributed by atoms with E-state index in [9.17, 15) is 14.7 Å². The average Bonchev–Trinajstić information content (AvgIpc) is 2.20. The maximum atomic E-state index is 11.4. The molecule has 3 unspecified atom stereocenters. The van der Waals surface area contributed by atoms with Crippen LogP contribution in [0.5, 0.6) is 0 Å². The zero-order valence-corrected chi connectivity index (χ0v) is 9.56. The van der Waals surface area contributed by atoms with E-state index >= 15 is 0 Å². The van der Waals surface area contributed by atoms with Gasteiger partial charge in [0, 0.05) is 7.05 Å². The van der Waals surface area contributed by atoms with E-state index in [0.29, 0.717) is 18.7 Å². The van der Waals surface area contributed by atoms with E-state index < -0.39 is 11.5 Å². The molecule has 1 N–H and O–H groups in total. The predicted octanol–water partition coefficient (Wildman–Crippen LogP) is 1.35. The summed E-state index contributed by atoms with van der Waals surface area (Å²) in [6.07, 6.45) is 3.10. The van der Waals surface area contributed by atoms with Gasteiger partial charge in [-0.3, -0.25) is 4.79 Å². The Labute approximate surface area is 90.3 Å². The largest absolute Gasteiger partial charge is 0.479 e. The van der Waals surface area contributed by atoms with Gasteiger partial charge < -0.3 is 10.0 Å². The van der Waals surface area contributed by atoms with E-state index in [1.807, 2.05) is 6.92 Å². The van der Waals surface area contributed by atoms with Gasteiger partial charge in [0.25, 0.3) is 0 Å². The number of carboxylic acids is 1. The molecule has 0 aromatic rings. The molecule has 0 spiro atoms. The van der Waals surface area contributed by atoms with Gasteiger partial charge in [0.15, 0.2) is 0 Å². The number of hydrogen-bond donors (Lipinski definition) is 1. The van der Waals surface area contributed by atoms with E-state index in [4.69, 9.17) is 0 Å². The van der Waals surface area contributed by atoms with Crippen LogP contribution in [0.1, 0.15) is 33.1 Å². The monoisotopic (exact) mass is 213 g/mol. The Morgan fingerprint density at radius 2 is 2.13 bits per heavy atom. The third kappa shape index (κ3) is 1.73. The lowest BCUT2D eigenvalue weighted by Gasteiger charge is -2.46. The first kappa shape index (κ1) is 12.0. The minimum absolute atomic E-state index is 0.000972. The first-order valence-electron chi connectivity index (χ1n) is 5.38. The molecular formula is C11H19NO3. The minimum atomic E-state index is -1.00. The van der Waals surface area contributed by atoms with Crippen molar-refractivity contribution in [2.24, 2.45) is 11.8 Å². The third-order valence-corrected chi connectivity index (χ3v) is 3.98. The number of carboxylic acid groups (broad SMARTS) is 1. The molecule has 1 rings (SSSR count). The van der Waals surface area contributed by atoms with Crippen molar-refractivity contribution < 1.29 is 14.7 Å². The van der Waals surface area contributed by atoms with Crippen molar-refractivity contribution in [3.05, 3.63) is 0 Å². The zero-order valence-electron chi connectivity index (χ0n) is 9.56. The fraction of sp³-hybridized carbons (Fsp3) is 0.818. The van der Waals surface area contributed by atoms with E-state index in [0.717, 1.165) is 12.8 Å². The highest BCUT2D eigenvalue weighted by atomic mass is 16.4. The number of carbonyl (C=O) groups excluding carboxylic acids is 1. The summed E-state index contributed by atoms with van der Waals surface area (Å²) >= 11 is 0. The molecule has 0 aliphatic heterocycles. The molecule has 0 saturated heterocycles. The second-order valence-corrected chi connectivity index (χ2v) is 4.60. The number of aliphatic carboxylic acids is 1. The zero-order chi connectivity index (χ0) is 11.6.